The fraction of sp³-hybridized carbons (Fsp3) is 0.350. The number of hydrogen-bond donors (Lipinski definition) is 0. The average molecular weight is 409 g/mol. The highest BCUT2D eigenvalue weighted by molar-refractivity contribution is 7.89. The molecule has 0 radical (unpaired) electrons. The Hall–Kier alpha value is -2.45. The highest BCUT2D eigenvalue weighted by Gasteiger charge is 2.25. The number of benzene rings is 2. The van der Waals surface area contributed by atoms with E-state index in [-0.39, 0.29) is 22.8 Å². The molecule has 0 fully saturated rings. The zero-order valence-corrected chi connectivity index (χ0v) is 17.2. The Morgan fingerprint density at radius 1 is 1.11 bits per heavy atom. The number of esters is 1. The lowest BCUT2D eigenvalue weighted by Crippen LogP contribution is -2.31. The first-order valence-electron chi connectivity index (χ1n) is 8.84. The van der Waals surface area contributed by atoms with Crippen molar-refractivity contribution in [2.75, 3.05) is 20.2 Å². The van der Waals surface area contributed by atoms with E-state index in [0.29, 0.717) is 24.2 Å². The van der Waals surface area contributed by atoms with Crippen LogP contribution in [-0.4, -0.2) is 38.9 Å². The molecule has 2 aromatic rings. The Labute approximate surface area is 164 Å². The van der Waals surface area contributed by atoms with Crippen molar-refractivity contribution in [3.8, 4) is 5.75 Å². The van der Waals surface area contributed by atoms with Crippen molar-refractivity contribution >= 4 is 16.0 Å². The van der Waals surface area contributed by atoms with Gasteiger partial charge in [-0.25, -0.2) is 17.6 Å². The molecule has 0 aliphatic carbocycles. The molecule has 0 heterocycles. The summed E-state index contributed by atoms with van der Waals surface area (Å²) in [4.78, 5) is 12.4. The smallest absolute Gasteiger partial charge is 0.338 e. The Balaban J connectivity index is 2.22. The molecule has 0 amide bonds. The van der Waals surface area contributed by atoms with Gasteiger partial charge in [-0.2, -0.15) is 4.31 Å². The maximum atomic E-state index is 13.7. The first kappa shape index (κ1) is 21.8. The summed E-state index contributed by atoms with van der Waals surface area (Å²) in [5.41, 5.74) is 1.11. The predicted octanol–water partition coefficient (Wildman–Crippen LogP) is 3.53. The molecule has 0 aromatic heterocycles. The summed E-state index contributed by atoms with van der Waals surface area (Å²) >= 11 is 0. The summed E-state index contributed by atoms with van der Waals surface area (Å²) in [6.45, 7) is 5.69. The minimum atomic E-state index is -3.71. The van der Waals surface area contributed by atoms with E-state index in [1.54, 1.807) is 32.9 Å². The third kappa shape index (κ3) is 4.69. The van der Waals surface area contributed by atoms with Gasteiger partial charge in [-0.05, 0) is 42.3 Å². The normalized spacial score (nSPS) is 11.5. The second-order valence-corrected chi connectivity index (χ2v) is 8.02. The van der Waals surface area contributed by atoms with Gasteiger partial charge >= 0.3 is 5.97 Å². The molecule has 0 atom stereocenters. The molecule has 8 heteroatoms. The topological polar surface area (TPSA) is 72.9 Å². The van der Waals surface area contributed by atoms with Gasteiger partial charge in [0.05, 0.1) is 17.6 Å². The van der Waals surface area contributed by atoms with Gasteiger partial charge in [-0.1, -0.05) is 26.0 Å². The molecule has 0 N–H and O–H groups in total. The van der Waals surface area contributed by atoms with Gasteiger partial charge in [0.1, 0.15) is 6.61 Å². The standard InChI is InChI=1S/C20H24FNO5S/c1-5-22(6-2)28(24,25)19-12-16(9-7-14(19)3)20(23)27-13-15-8-10-18(26-4)17(21)11-15/h7-12H,5-6,13H2,1-4H3. The van der Waals surface area contributed by atoms with Crippen LogP contribution in [-0.2, 0) is 21.4 Å². The van der Waals surface area contributed by atoms with Gasteiger partial charge < -0.3 is 9.47 Å². The van der Waals surface area contributed by atoms with Crippen LogP contribution in [0.4, 0.5) is 4.39 Å². The van der Waals surface area contributed by atoms with E-state index in [0.717, 1.165) is 0 Å². The number of ether oxygens (including phenoxy) is 2. The van der Waals surface area contributed by atoms with Crippen LogP contribution in [0.15, 0.2) is 41.3 Å². The van der Waals surface area contributed by atoms with E-state index in [9.17, 15) is 17.6 Å². The third-order valence-corrected chi connectivity index (χ3v) is 6.53. The number of halogens is 1. The minimum Gasteiger partial charge on any atom is -0.494 e. The molecule has 0 unspecified atom stereocenters. The van der Waals surface area contributed by atoms with Crippen LogP contribution < -0.4 is 4.74 Å². The Morgan fingerprint density at radius 2 is 1.79 bits per heavy atom. The summed E-state index contributed by atoms with van der Waals surface area (Å²) in [5, 5.41) is 0. The number of carbonyl (C=O) groups is 1. The third-order valence-electron chi connectivity index (χ3n) is 4.33. The van der Waals surface area contributed by atoms with Gasteiger partial charge in [0.15, 0.2) is 11.6 Å². The highest BCUT2D eigenvalue weighted by Crippen LogP contribution is 2.22. The predicted molar refractivity (Wildman–Crippen MR) is 103 cm³/mol. The van der Waals surface area contributed by atoms with Gasteiger partial charge in [0.2, 0.25) is 10.0 Å². The van der Waals surface area contributed by atoms with Crippen molar-refractivity contribution in [2.45, 2.75) is 32.3 Å². The van der Waals surface area contributed by atoms with Crippen LogP contribution in [0.1, 0.15) is 35.3 Å². The SMILES string of the molecule is CCN(CC)S(=O)(=O)c1cc(C(=O)OCc2ccc(OC)c(F)c2)ccc1C. The highest BCUT2D eigenvalue weighted by atomic mass is 32.2. The molecule has 2 aromatic carbocycles. The lowest BCUT2D eigenvalue weighted by atomic mass is 10.1. The van der Waals surface area contributed by atoms with Crippen LogP contribution >= 0.6 is 0 Å². The van der Waals surface area contributed by atoms with Crippen LogP contribution in [0.25, 0.3) is 0 Å². The van der Waals surface area contributed by atoms with E-state index >= 15 is 0 Å². The van der Waals surface area contributed by atoms with E-state index in [4.69, 9.17) is 9.47 Å². The van der Waals surface area contributed by atoms with Crippen molar-refractivity contribution < 1.29 is 27.1 Å². The number of nitrogens with zero attached hydrogens (tertiary/aromatic N) is 1. The summed E-state index contributed by atoms with van der Waals surface area (Å²) in [7, 11) is -2.35. The Kier molecular flexibility index (Phi) is 7.15. The molecule has 0 spiro atoms. The van der Waals surface area contributed by atoms with Crippen molar-refractivity contribution in [2.24, 2.45) is 0 Å². The van der Waals surface area contributed by atoms with Gasteiger partial charge in [-0.15, -0.1) is 0 Å². The molecule has 0 saturated heterocycles. The Morgan fingerprint density at radius 3 is 2.36 bits per heavy atom. The fourth-order valence-corrected chi connectivity index (χ4v) is 4.45. The number of sulfonamides is 1. The van der Waals surface area contributed by atoms with Crippen molar-refractivity contribution in [3.63, 3.8) is 0 Å². The van der Waals surface area contributed by atoms with Crippen molar-refractivity contribution in [3.05, 3.63) is 58.9 Å². The van der Waals surface area contributed by atoms with E-state index in [2.05, 4.69) is 0 Å². The maximum Gasteiger partial charge on any atom is 0.338 e. The van der Waals surface area contributed by atoms with Crippen molar-refractivity contribution in [1.29, 1.82) is 0 Å². The Bertz CT molecular complexity index is 955. The molecular weight excluding hydrogens is 385 g/mol. The number of carbonyl (C=O) groups excluding carboxylic acids is 1. The number of aryl methyl sites for hydroxylation is 1. The molecule has 0 saturated carbocycles. The second-order valence-electron chi connectivity index (χ2n) is 6.11. The van der Waals surface area contributed by atoms with Gasteiger partial charge in [-0.3, -0.25) is 0 Å². The lowest BCUT2D eigenvalue weighted by molar-refractivity contribution is 0.0472. The molecule has 0 aliphatic heterocycles. The molecule has 28 heavy (non-hydrogen) atoms. The first-order chi connectivity index (χ1) is 13.2. The van der Waals surface area contributed by atoms with Gasteiger partial charge in [0.25, 0.3) is 0 Å². The summed E-state index contributed by atoms with van der Waals surface area (Å²) in [5.74, 6) is -1.15. The zero-order chi connectivity index (χ0) is 20.9. The van der Waals surface area contributed by atoms with Gasteiger partial charge in [0, 0.05) is 13.1 Å². The van der Waals surface area contributed by atoms with E-state index in [1.807, 2.05) is 0 Å². The summed E-state index contributed by atoms with van der Waals surface area (Å²) in [6.07, 6.45) is 0. The maximum absolute atomic E-state index is 13.7. The molecule has 6 nitrogen and oxygen atoms in total. The molecule has 0 bridgehead atoms. The number of hydrogen-bond acceptors (Lipinski definition) is 5. The lowest BCUT2D eigenvalue weighted by Gasteiger charge is -2.20. The zero-order valence-electron chi connectivity index (χ0n) is 16.4. The quantitative estimate of drug-likeness (QED) is 0.624. The van der Waals surface area contributed by atoms with Crippen LogP contribution in [0, 0.1) is 12.7 Å². The summed E-state index contributed by atoms with van der Waals surface area (Å²) < 4.78 is 50.7. The molecule has 152 valence electrons. The largest absolute Gasteiger partial charge is 0.494 e. The monoisotopic (exact) mass is 409 g/mol. The van der Waals surface area contributed by atoms with E-state index in [1.165, 1.54) is 35.7 Å². The number of methoxy groups -OCH3 is 1. The number of rotatable bonds is 8. The van der Waals surface area contributed by atoms with Crippen LogP contribution in [0.2, 0.25) is 0 Å². The van der Waals surface area contributed by atoms with Crippen LogP contribution in [0.3, 0.4) is 0 Å². The average Bonchev–Trinajstić information content (AvgIpc) is 2.67. The van der Waals surface area contributed by atoms with E-state index < -0.39 is 21.8 Å². The summed E-state index contributed by atoms with van der Waals surface area (Å²) in [6, 6.07) is 8.64. The fourth-order valence-electron chi connectivity index (χ4n) is 2.74. The van der Waals surface area contributed by atoms with Crippen molar-refractivity contribution in [1.82, 2.24) is 4.31 Å². The molecule has 2 rings (SSSR count). The second kappa shape index (κ2) is 9.16. The first-order valence-corrected chi connectivity index (χ1v) is 10.3. The molecular formula is C20H24FNO5S. The minimum absolute atomic E-state index is 0.0705. The molecule has 0 aliphatic rings. The van der Waals surface area contributed by atoms with Crippen LogP contribution in [0.5, 0.6) is 5.75 Å².